The highest BCUT2D eigenvalue weighted by Gasteiger charge is 2.23. The minimum Gasteiger partial charge on any atom is -0.466 e. The van der Waals surface area contributed by atoms with E-state index in [0.29, 0.717) is 0 Å². The average molecular weight is 239 g/mol. The van der Waals surface area contributed by atoms with Crippen molar-refractivity contribution in [2.75, 3.05) is 26.7 Å². The van der Waals surface area contributed by atoms with Crippen molar-refractivity contribution in [2.24, 2.45) is 5.92 Å². The Bertz CT molecular complexity index is 269. The molecule has 1 fully saturated rings. The van der Waals surface area contributed by atoms with Gasteiger partial charge in [-0.25, -0.2) is 4.79 Å². The largest absolute Gasteiger partial charge is 0.466 e. The Morgan fingerprint density at radius 2 is 2.12 bits per heavy atom. The zero-order valence-electron chi connectivity index (χ0n) is 11.4. The molecule has 1 aliphatic rings. The van der Waals surface area contributed by atoms with Crippen LogP contribution in [0.4, 0.5) is 0 Å². The lowest BCUT2D eigenvalue weighted by Crippen LogP contribution is -2.27. The fourth-order valence-electron chi connectivity index (χ4n) is 1.98. The number of hydrogen-bond acceptors (Lipinski definition) is 3. The van der Waals surface area contributed by atoms with E-state index in [9.17, 15) is 4.79 Å². The lowest BCUT2D eigenvalue weighted by molar-refractivity contribution is -0.136. The highest BCUT2D eigenvalue weighted by molar-refractivity contribution is 5.88. The van der Waals surface area contributed by atoms with Gasteiger partial charge in [-0.2, -0.15) is 0 Å². The Kier molecular flexibility index (Phi) is 6.27. The van der Waals surface area contributed by atoms with Gasteiger partial charge >= 0.3 is 5.97 Å². The van der Waals surface area contributed by atoms with Crippen molar-refractivity contribution >= 4 is 5.97 Å². The molecule has 1 aliphatic carbocycles. The molecule has 98 valence electrons. The molecular weight excluding hydrogens is 214 g/mol. The number of carbonyl (C=O) groups is 1. The Morgan fingerprint density at radius 3 is 2.59 bits per heavy atom. The number of rotatable bonds is 8. The van der Waals surface area contributed by atoms with E-state index < -0.39 is 0 Å². The van der Waals surface area contributed by atoms with E-state index in [0.717, 1.165) is 31.0 Å². The van der Waals surface area contributed by atoms with Crippen molar-refractivity contribution in [1.82, 2.24) is 4.90 Å². The van der Waals surface area contributed by atoms with Gasteiger partial charge in [-0.3, -0.25) is 4.90 Å². The fraction of sp³-hybridized carbons (Fsp3) is 0.786. The van der Waals surface area contributed by atoms with E-state index in [1.807, 2.05) is 13.0 Å². The number of carbonyl (C=O) groups excluding carboxylic acids is 1. The quantitative estimate of drug-likeness (QED) is 0.482. The van der Waals surface area contributed by atoms with Crippen molar-refractivity contribution in [3.05, 3.63) is 11.6 Å². The topological polar surface area (TPSA) is 29.5 Å². The number of ether oxygens (including phenoxy) is 1. The summed E-state index contributed by atoms with van der Waals surface area (Å²) in [5, 5.41) is 0. The molecule has 1 rings (SSSR count). The minimum atomic E-state index is -0.185. The summed E-state index contributed by atoms with van der Waals surface area (Å²) in [5.41, 5.74) is 0.796. The summed E-state index contributed by atoms with van der Waals surface area (Å²) in [4.78, 5) is 13.9. The molecule has 3 heteroatoms. The molecule has 0 unspecified atom stereocenters. The van der Waals surface area contributed by atoms with E-state index in [2.05, 4.69) is 11.8 Å². The molecule has 0 aromatic heterocycles. The molecule has 0 aliphatic heterocycles. The molecule has 0 amide bonds. The van der Waals surface area contributed by atoms with E-state index in [4.69, 9.17) is 4.74 Å². The molecule has 1 saturated carbocycles. The van der Waals surface area contributed by atoms with Crippen LogP contribution in [-0.4, -0.2) is 37.6 Å². The lowest BCUT2D eigenvalue weighted by Gasteiger charge is -2.20. The molecule has 0 atom stereocenters. The van der Waals surface area contributed by atoms with Gasteiger partial charge < -0.3 is 4.74 Å². The first kappa shape index (κ1) is 14.2. The maximum atomic E-state index is 11.4. The molecule has 0 radical (unpaired) electrons. The molecule has 0 N–H and O–H groups in total. The van der Waals surface area contributed by atoms with Crippen LogP contribution in [0.2, 0.25) is 0 Å². The van der Waals surface area contributed by atoms with Gasteiger partial charge in [0.15, 0.2) is 0 Å². The number of nitrogens with zero attached hydrogens (tertiary/aromatic N) is 1. The zero-order valence-corrected chi connectivity index (χ0v) is 11.4. The molecular formula is C14H25NO2. The normalized spacial score (nSPS) is 16.4. The van der Waals surface area contributed by atoms with Crippen molar-refractivity contribution < 1.29 is 9.53 Å². The zero-order chi connectivity index (χ0) is 12.7. The van der Waals surface area contributed by atoms with Crippen molar-refractivity contribution in [3.8, 4) is 0 Å². The second-order valence-electron chi connectivity index (χ2n) is 4.78. The Balaban J connectivity index is 2.45. The van der Waals surface area contributed by atoms with Crippen LogP contribution in [0, 0.1) is 5.92 Å². The molecule has 17 heavy (non-hydrogen) atoms. The second kappa shape index (κ2) is 7.49. The Labute approximate surface area is 105 Å². The summed E-state index contributed by atoms with van der Waals surface area (Å²) >= 11 is 0. The first-order valence-corrected chi connectivity index (χ1v) is 6.70. The summed E-state index contributed by atoms with van der Waals surface area (Å²) in [6.45, 7) is 7.37. The SMILES string of the molecule is CCCN(CC=C(CC)C(=O)OC)CC1CC1. The average Bonchev–Trinajstić information content (AvgIpc) is 3.13. The van der Waals surface area contributed by atoms with Crippen LogP contribution in [-0.2, 0) is 9.53 Å². The van der Waals surface area contributed by atoms with Crippen LogP contribution in [0.3, 0.4) is 0 Å². The third-order valence-electron chi connectivity index (χ3n) is 3.18. The van der Waals surface area contributed by atoms with Crippen LogP contribution in [0.5, 0.6) is 0 Å². The number of hydrogen-bond donors (Lipinski definition) is 0. The lowest BCUT2D eigenvalue weighted by atomic mass is 10.2. The van der Waals surface area contributed by atoms with Crippen LogP contribution < -0.4 is 0 Å². The van der Waals surface area contributed by atoms with Crippen LogP contribution in [0.1, 0.15) is 39.5 Å². The van der Waals surface area contributed by atoms with E-state index in [1.165, 1.54) is 32.9 Å². The smallest absolute Gasteiger partial charge is 0.333 e. The molecule has 0 heterocycles. The fourth-order valence-corrected chi connectivity index (χ4v) is 1.98. The molecule has 0 spiro atoms. The first-order valence-electron chi connectivity index (χ1n) is 6.70. The summed E-state index contributed by atoms with van der Waals surface area (Å²) in [7, 11) is 1.44. The van der Waals surface area contributed by atoms with Crippen LogP contribution in [0.15, 0.2) is 11.6 Å². The molecule has 0 aromatic rings. The van der Waals surface area contributed by atoms with Crippen molar-refractivity contribution in [1.29, 1.82) is 0 Å². The summed E-state index contributed by atoms with van der Waals surface area (Å²) < 4.78 is 4.76. The van der Waals surface area contributed by atoms with Gasteiger partial charge in [0.2, 0.25) is 0 Å². The van der Waals surface area contributed by atoms with Gasteiger partial charge in [-0.1, -0.05) is 19.9 Å². The first-order chi connectivity index (χ1) is 8.21. The highest BCUT2D eigenvalue weighted by atomic mass is 16.5. The van der Waals surface area contributed by atoms with E-state index >= 15 is 0 Å². The van der Waals surface area contributed by atoms with E-state index in [1.54, 1.807) is 0 Å². The van der Waals surface area contributed by atoms with Crippen molar-refractivity contribution in [3.63, 3.8) is 0 Å². The number of methoxy groups -OCH3 is 1. The van der Waals surface area contributed by atoms with Gasteiger partial charge in [0.25, 0.3) is 0 Å². The number of esters is 1. The molecule has 0 bridgehead atoms. The van der Waals surface area contributed by atoms with Gasteiger partial charge in [0.1, 0.15) is 0 Å². The standard InChI is InChI=1S/C14H25NO2/c1-4-9-15(11-12-6-7-12)10-8-13(5-2)14(16)17-3/h8,12H,4-7,9-11H2,1-3H3. The van der Waals surface area contributed by atoms with Crippen molar-refractivity contribution in [2.45, 2.75) is 39.5 Å². The predicted octanol–water partition coefficient (Wildman–Crippen LogP) is 2.62. The highest BCUT2D eigenvalue weighted by Crippen LogP contribution is 2.29. The Morgan fingerprint density at radius 1 is 1.41 bits per heavy atom. The summed E-state index contributed by atoms with van der Waals surface area (Å²) in [5.74, 6) is 0.716. The van der Waals surface area contributed by atoms with E-state index in [-0.39, 0.29) is 5.97 Å². The van der Waals surface area contributed by atoms with Gasteiger partial charge in [-0.15, -0.1) is 0 Å². The minimum absolute atomic E-state index is 0.185. The maximum absolute atomic E-state index is 11.4. The summed E-state index contributed by atoms with van der Waals surface area (Å²) in [6.07, 6.45) is 6.70. The molecule has 0 saturated heterocycles. The monoisotopic (exact) mass is 239 g/mol. The second-order valence-corrected chi connectivity index (χ2v) is 4.78. The maximum Gasteiger partial charge on any atom is 0.333 e. The third kappa shape index (κ3) is 5.35. The predicted molar refractivity (Wildman–Crippen MR) is 69.8 cm³/mol. The van der Waals surface area contributed by atoms with Crippen LogP contribution >= 0.6 is 0 Å². The summed E-state index contributed by atoms with van der Waals surface area (Å²) in [6, 6.07) is 0. The van der Waals surface area contributed by atoms with Gasteiger partial charge in [0, 0.05) is 18.7 Å². The Hall–Kier alpha value is -0.830. The van der Waals surface area contributed by atoms with Gasteiger partial charge in [0.05, 0.1) is 7.11 Å². The van der Waals surface area contributed by atoms with Gasteiger partial charge in [-0.05, 0) is 38.1 Å². The van der Waals surface area contributed by atoms with Crippen LogP contribution in [0.25, 0.3) is 0 Å². The third-order valence-corrected chi connectivity index (χ3v) is 3.18. The molecule has 3 nitrogen and oxygen atoms in total. The molecule has 0 aromatic carbocycles.